The van der Waals surface area contributed by atoms with Gasteiger partial charge in [-0.1, -0.05) is 12.8 Å². The number of rotatable bonds is 3. The molecule has 0 spiro atoms. The standard InChI is InChI=1S/C11H20N2O2.ClH/c12-8-11(4-1-2-5-11)13-10(14)9-3-6-15-7-9;/h9H,1-8,12H2,(H,13,14);1H. The predicted octanol–water partition coefficient (Wildman–Crippen LogP) is 0.832. The van der Waals surface area contributed by atoms with Gasteiger partial charge in [-0.25, -0.2) is 0 Å². The van der Waals surface area contributed by atoms with E-state index in [0.717, 1.165) is 19.3 Å². The molecular weight excluding hydrogens is 228 g/mol. The normalized spacial score (nSPS) is 27.4. The number of halogens is 1. The summed E-state index contributed by atoms with van der Waals surface area (Å²) in [6, 6.07) is 0. The third-order valence-corrected chi connectivity index (χ3v) is 3.64. The molecule has 16 heavy (non-hydrogen) atoms. The summed E-state index contributed by atoms with van der Waals surface area (Å²) < 4.78 is 5.22. The molecule has 2 rings (SSSR count). The number of hydrogen-bond acceptors (Lipinski definition) is 3. The molecule has 1 saturated heterocycles. The van der Waals surface area contributed by atoms with Crippen LogP contribution in [0.1, 0.15) is 32.1 Å². The van der Waals surface area contributed by atoms with E-state index in [1.54, 1.807) is 0 Å². The lowest BCUT2D eigenvalue weighted by molar-refractivity contribution is -0.126. The van der Waals surface area contributed by atoms with Gasteiger partial charge in [-0.3, -0.25) is 4.79 Å². The van der Waals surface area contributed by atoms with Crippen LogP contribution in [0.5, 0.6) is 0 Å². The van der Waals surface area contributed by atoms with Crippen molar-refractivity contribution in [3.63, 3.8) is 0 Å². The van der Waals surface area contributed by atoms with Gasteiger partial charge in [0.15, 0.2) is 0 Å². The predicted molar refractivity (Wildman–Crippen MR) is 64.6 cm³/mol. The van der Waals surface area contributed by atoms with Crippen LogP contribution in [-0.2, 0) is 9.53 Å². The van der Waals surface area contributed by atoms with Gasteiger partial charge in [-0.15, -0.1) is 12.4 Å². The average Bonchev–Trinajstić information content (AvgIpc) is 2.88. The molecule has 1 unspecified atom stereocenters. The molecule has 0 bridgehead atoms. The second-order valence-corrected chi connectivity index (χ2v) is 4.74. The molecule has 1 aliphatic carbocycles. The highest BCUT2D eigenvalue weighted by atomic mass is 35.5. The minimum absolute atomic E-state index is 0. The summed E-state index contributed by atoms with van der Waals surface area (Å²) >= 11 is 0. The molecule has 0 radical (unpaired) electrons. The summed E-state index contributed by atoms with van der Waals surface area (Å²) in [7, 11) is 0. The van der Waals surface area contributed by atoms with E-state index >= 15 is 0 Å². The Kier molecular flexibility index (Phi) is 5.02. The maximum absolute atomic E-state index is 11.9. The summed E-state index contributed by atoms with van der Waals surface area (Å²) in [6.07, 6.45) is 5.27. The van der Waals surface area contributed by atoms with Crippen molar-refractivity contribution in [1.82, 2.24) is 5.32 Å². The molecule has 1 aliphatic heterocycles. The summed E-state index contributed by atoms with van der Waals surface area (Å²) in [5, 5.41) is 3.14. The van der Waals surface area contributed by atoms with Crippen molar-refractivity contribution in [3.8, 4) is 0 Å². The van der Waals surface area contributed by atoms with Crippen molar-refractivity contribution in [2.45, 2.75) is 37.6 Å². The molecule has 94 valence electrons. The minimum atomic E-state index is -0.111. The van der Waals surface area contributed by atoms with Gasteiger partial charge in [0.25, 0.3) is 0 Å². The highest BCUT2D eigenvalue weighted by molar-refractivity contribution is 5.85. The molecule has 0 aromatic carbocycles. The van der Waals surface area contributed by atoms with Crippen LogP contribution in [0.15, 0.2) is 0 Å². The molecule has 1 atom stereocenters. The smallest absolute Gasteiger partial charge is 0.226 e. The van der Waals surface area contributed by atoms with Crippen molar-refractivity contribution >= 4 is 18.3 Å². The van der Waals surface area contributed by atoms with Gasteiger partial charge in [0.1, 0.15) is 0 Å². The van der Waals surface area contributed by atoms with Gasteiger partial charge >= 0.3 is 0 Å². The molecule has 0 aromatic heterocycles. The fourth-order valence-electron chi connectivity index (χ4n) is 2.54. The fourth-order valence-corrected chi connectivity index (χ4v) is 2.54. The van der Waals surface area contributed by atoms with E-state index in [9.17, 15) is 4.79 Å². The Morgan fingerprint density at radius 1 is 1.44 bits per heavy atom. The molecule has 1 amide bonds. The first-order valence-corrected chi connectivity index (χ1v) is 5.86. The Bertz CT molecular complexity index is 236. The third kappa shape index (κ3) is 2.87. The zero-order valence-electron chi connectivity index (χ0n) is 9.54. The van der Waals surface area contributed by atoms with Gasteiger partial charge in [0, 0.05) is 13.2 Å². The number of nitrogens with two attached hydrogens (primary N) is 1. The largest absolute Gasteiger partial charge is 0.381 e. The van der Waals surface area contributed by atoms with Crippen molar-refractivity contribution in [1.29, 1.82) is 0 Å². The van der Waals surface area contributed by atoms with Crippen LogP contribution in [0.2, 0.25) is 0 Å². The Morgan fingerprint density at radius 2 is 2.12 bits per heavy atom. The molecule has 0 aromatic rings. The van der Waals surface area contributed by atoms with Gasteiger partial charge in [0.2, 0.25) is 5.91 Å². The Labute approximate surface area is 103 Å². The van der Waals surface area contributed by atoms with Crippen LogP contribution >= 0.6 is 12.4 Å². The maximum Gasteiger partial charge on any atom is 0.226 e. The maximum atomic E-state index is 11.9. The summed E-state index contributed by atoms with van der Waals surface area (Å²) in [5.41, 5.74) is 5.66. The first-order valence-electron chi connectivity index (χ1n) is 5.86. The van der Waals surface area contributed by atoms with Crippen LogP contribution in [0, 0.1) is 5.92 Å². The lowest BCUT2D eigenvalue weighted by Crippen LogP contribution is -2.53. The number of carbonyl (C=O) groups is 1. The quantitative estimate of drug-likeness (QED) is 0.778. The highest BCUT2D eigenvalue weighted by Crippen LogP contribution is 2.29. The van der Waals surface area contributed by atoms with Crippen LogP contribution < -0.4 is 11.1 Å². The van der Waals surface area contributed by atoms with Crippen LogP contribution in [0.25, 0.3) is 0 Å². The van der Waals surface area contributed by atoms with Gasteiger partial charge in [0.05, 0.1) is 18.1 Å². The second-order valence-electron chi connectivity index (χ2n) is 4.74. The first-order chi connectivity index (χ1) is 7.26. The SMILES string of the molecule is Cl.NCC1(NC(=O)C2CCOC2)CCCC1. The molecule has 5 heteroatoms. The monoisotopic (exact) mass is 248 g/mol. The molecule has 1 heterocycles. The number of ether oxygens (including phenoxy) is 1. The van der Waals surface area contributed by atoms with Gasteiger partial charge in [-0.2, -0.15) is 0 Å². The zero-order valence-corrected chi connectivity index (χ0v) is 10.4. The van der Waals surface area contributed by atoms with E-state index in [1.165, 1.54) is 12.8 Å². The second kappa shape index (κ2) is 5.84. The Morgan fingerprint density at radius 3 is 2.62 bits per heavy atom. The molecular formula is C11H21ClN2O2. The average molecular weight is 249 g/mol. The molecule has 3 N–H and O–H groups in total. The van der Waals surface area contributed by atoms with E-state index in [0.29, 0.717) is 19.8 Å². The molecule has 1 saturated carbocycles. The zero-order chi connectivity index (χ0) is 10.7. The number of carbonyl (C=O) groups excluding carboxylic acids is 1. The van der Waals surface area contributed by atoms with Crippen LogP contribution in [0.4, 0.5) is 0 Å². The van der Waals surface area contributed by atoms with Crippen molar-refractivity contribution in [2.75, 3.05) is 19.8 Å². The summed E-state index contributed by atoms with van der Waals surface area (Å²) in [4.78, 5) is 11.9. The molecule has 2 aliphatic rings. The van der Waals surface area contributed by atoms with E-state index in [4.69, 9.17) is 10.5 Å². The van der Waals surface area contributed by atoms with Crippen LogP contribution in [-0.4, -0.2) is 31.2 Å². The Balaban J connectivity index is 0.00000128. The number of nitrogens with one attached hydrogen (secondary N) is 1. The number of amides is 1. The lowest BCUT2D eigenvalue weighted by Gasteiger charge is -2.29. The third-order valence-electron chi connectivity index (χ3n) is 3.64. The van der Waals surface area contributed by atoms with E-state index in [1.807, 2.05) is 0 Å². The first kappa shape index (κ1) is 13.7. The summed E-state index contributed by atoms with van der Waals surface area (Å²) in [5.74, 6) is 0.189. The topological polar surface area (TPSA) is 64.3 Å². The van der Waals surface area contributed by atoms with E-state index in [-0.39, 0.29) is 29.8 Å². The lowest BCUT2D eigenvalue weighted by atomic mass is 9.96. The van der Waals surface area contributed by atoms with Gasteiger partial charge in [-0.05, 0) is 19.3 Å². The fraction of sp³-hybridized carbons (Fsp3) is 0.909. The van der Waals surface area contributed by atoms with Crippen molar-refractivity contribution in [2.24, 2.45) is 11.7 Å². The van der Waals surface area contributed by atoms with Crippen LogP contribution in [0.3, 0.4) is 0 Å². The summed E-state index contributed by atoms with van der Waals surface area (Å²) in [6.45, 7) is 1.85. The Hall–Kier alpha value is -0.320. The van der Waals surface area contributed by atoms with E-state index in [2.05, 4.69) is 5.32 Å². The minimum Gasteiger partial charge on any atom is -0.381 e. The molecule has 2 fully saturated rings. The highest BCUT2D eigenvalue weighted by Gasteiger charge is 2.36. The van der Waals surface area contributed by atoms with Gasteiger partial charge < -0.3 is 15.8 Å². The molecule has 4 nitrogen and oxygen atoms in total. The van der Waals surface area contributed by atoms with Crippen molar-refractivity contribution in [3.05, 3.63) is 0 Å². The van der Waals surface area contributed by atoms with Crippen molar-refractivity contribution < 1.29 is 9.53 Å². The number of hydrogen-bond donors (Lipinski definition) is 2. The van der Waals surface area contributed by atoms with E-state index < -0.39 is 0 Å².